The summed E-state index contributed by atoms with van der Waals surface area (Å²) < 4.78 is 46.2. The molecule has 0 aliphatic heterocycles. The number of nitrogens with one attached hydrogen (secondary N) is 1. The van der Waals surface area contributed by atoms with Crippen molar-refractivity contribution in [2.45, 2.75) is 40.3 Å². The lowest BCUT2D eigenvalue weighted by atomic mass is 9.99. The number of halogens is 3. The summed E-state index contributed by atoms with van der Waals surface area (Å²) in [6.07, 6.45) is -2.23. The number of ether oxygens (including phenoxy) is 1. The molecule has 0 saturated carbocycles. The summed E-state index contributed by atoms with van der Waals surface area (Å²) in [7, 11) is 0. The molecular weight excluding hydrogens is 369 g/mol. The molecule has 1 aromatic heterocycles. The highest BCUT2D eigenvalue weighted by Gasteiger charge is 2.35. The lowest BCUT2D eigenvalue weighted by Crippen LogP contribution is -2.14. The number of hydrogen-bond acceptors (Lipinski definition) is 3. The second-order valence-electron chi connectivity index (χ2n) is 7.37. The van der Waals surface area contributed by atoms with Crippen molar-refractivity contribution in [1.29, 1.82) is 0 Å². The van der Waals surface area contributed by atoms with E-state index in [2.05, 4.69) is 24.1 Å². The third kappa shape index (κ3) is 6.25. The van der Waals surface area contributed by atoms with Crippen LogP contribution in [0.25, 0.3) is 11.1 Å². The fourth-order valence-corrected chi connectivity index (χ4v) is 3.02. The van der Waals surface area contributed by atoms with Crippen molar-refractivity contribution < 1.29 is 22.7 Å². The number of carbonyl (C=O) groups excluding carboxylic acids is 1. The van der Waals surface area contributed by atoms with E-state index < -0.39 is 11.7 Å². The maximum Gasteiger partial charge on any atom is 0.419 e. The Morgan fingerprint density at radius 1 is 1.14 bits per heavy atom. The number of pyridine rings is 1. The van der Waals surface area contributed by atoms with Crippen LogP contribution >= 0.6 is 0 Å². The van der Waals surface area contributed by atoms with Crippen LogP contribution < -0.4 is 10.1 Å². The molecule has 1 unspecified atom stereocenters. The van der Waals surface area contributed by atoms with Gasteiger partial charge in [0.05, 0.1) is 12.2 Å². The van der Waals surface area contributed by atoms with Crippen LogP contribution in [0.3, 0.4) is 0 Å². The topological polar surface area (TPSA) is 51.2 Å². The third-order valence-corrected chi connectivity index (χ3v) is 4.08. The van der Waals surface area contributed by atoms with Gasteiger partial charge in [0, 0.05) is 13.1 Å². The highest BCUT2D eigenvalue weighted by Crippen LogP contribution is 2.39. The smallest absolute Gasteiger partial charge is 0.419 e. The molecule has 1 amide bonds. The Kier molecular flexibility index (Phi) is 7.05. The van der Waals surface area contributed by atoms with Crippen molar-refractivity contribution in [1.82, 2.24) is 4.98 Å². The Morgan fingerprint density at radius 2 is 1.82 bits per heavy atom. The van der Waals surface area contributed by atoms with Gasteiger partial charge in [-0.25, -0.2) is 4.98 Å². The molecule has 0 saturated heterocycles. The molecule has 0 radical (unpaired) electrons. The van der Waals surface area contributed by atoms with E-state index in [1.54, 1.807) is 12.1 Å². The van der Waals surface area contributed by atoms with E-state index in [4.69, 9.17) is 4.74 Å². The number of nitrogens with zero attached hydrogens (tertiary/aromatic N) is 1. The van der Waals surface area contributed by atoms with Crippen molar-refractivity contribution in [2.75, 3.05) is 11.9 Å². The van der Waals surface area contributed by atoms with E-state index in [-0.39, 0.29) is 30.0 Å². The molecular formula is C21H25F3N2O2. The zero-order valence-corrected chi connectivity index (χ0v) is 16.4. The summed E-state index contributed by atoms with van der Waals surface area (Å²) in [5.74, 6) is 0.401. The molecule has 1 heterocycles. The SMILES string of the molecule is CC(=O)Nc1cc(-c2ccc(OCC(C)CC(C)C)c(C(F)(F)F)c2)ccn1. The first-order valence-corrected chi connectivity index (χ1v) is 9.14. The monoisotopic (exact) mass is 394 g/mol. The first-order valence-electron chi connectivity index (χ1n) is 9.14. The number of anilines is 1. The predicted molar refractivity (Wildman–Crippen MR) is 103 cm³/mol. The fourth-order valence-electron chi connectivity index (χ4n) is 3.02. The number of aromatic nitrogens is 1. The van der Waals surface area contributed by atoms with Crippen LogP contribution in [0.5, 0.6) is 5.75 Å². The first kappa shape index (κ1) is 21.7. The van der Waals surface area contributed by atoms with Crippen molar-refractivity contribution in [3.05, 3.63) is 42.1 Å². The van der Waals surface area contributed by atoms with Gasteiger partial charge < -0.3 is 10.1 Å². The average Bonchev–Trinajstić information content (AvgIpc) is 2.58. The zero-order valence-electron chi connectivity index (χ0n) is 16.4. The molecule has 1 aromatic carbocycles. The van der Waals surface area contributed by atoms with Crippen molar-refractivity contribution in [3.63, 3.8) is 0 Å². The Bertz CT molecular complexity index is 820. The molecule has 0 bridgehead atoms. The minimum Gasteiger partial charge on any atom is -0.493 e. The molecule has 0 aliphatic rings. The molecule has 1 N–H and O–H groups in total. The summed E-state index contributed by atoms with van der Waals surface area (Å²) in [6.45, 7) is 7.65. The van der Waals surface area contributed by atoms with Gasteiger partial charge in [-0.05, 0) is 53.6 Å². The number of amides is 1. The van der Waals surface area contributed by atoms with Crippen molar-refractivity contribution >= 4 is 11.7 Å². The molecule has 4 nitrogen and oxygen atoms in total. The molecule has 2 aromatic rings. The van der Waals surface area contributed by atoms with Gasteiger partial charge in [0.1, 0.15) is 11.6 Å². The van der Waals surface area contributed by atoms with Gasteiger partial charge in [0.2, 0.25) is 5.91 Å². The van der Waals surface area contributed by atoms with Crippen LogP contribution in [0.15, 0.2) is 36.5 Å². The molecule has 0 aliphatic carbocycles. The number of benzene rings is 1. The molecule has 7 heteroatoms. The van der Waals surface area contributed by atoms with E-state index in [0.29, 0.717) is 17.0 Å². The Morgan fingerprint density at radius 3 is 2.43 bits per heavy atom. The quantitative estimate of drug-likeness (QED) is 0.647. The molecule has 1 atom stereocenters. The van der Waals surface area contributed by atoms with E-state index in [1.807, 2.05) is 6.92 Å². The van der Waals surface area contributed by atoms with E-state index >= 15 is 0 Å². The van der Waals surface area contributed by atoms with Crippen LogP contribution in [-0.4, -0.2) is 17.5 Å². The number of rotatable bonds is 7. The van der Waals surface area contributed by atoms with Crippen LogP contribution in [0.1, 0.15) is 39.7 Å². The molecule has 0 fully saturated rings. The van der Waals surface area contributed by atoms with E-state index in [9.17, 15) is 18.0 Å². The molecule has 2 rings (SSSR count). The predicted octanol–water partition coefficient (Wildman–Crippen LogP) is 5.79. The summed E-state index contributed by atoms with van der Waals surface area (Å²) in [5.41, 5.74) is 0.0625. The number of alkyl halides is 3. The van der Waals surface area contributed by atoms with Gasteiger partial charge in [-0.1, -0.05) is 26.8 Å². The van der Waals surface area contributed by atoms with Crippen molar-refractivity contribution in [2.24, 2.45) is 11.8 Å². The van der Waals surface area contributed by atoms with Gasteiger partial charge >= 0.3 is 6.18 Å². The normalized spacial score (nSPS) is 12.7. The average molecular weight is 394 g/mol. The van der Waals surface area contributed by atoms with Gasteiger partial charge in [-0.3, -0.25) is 4.79 Å². The second kappa shape index (κ2) is 9.08. The summed E-state index contributed by atoms with van der Waals surface area (Å²) in [6, 6.07) is 7.10. The highest BCUT2D eigenvalue weighted by molar-refractivity contribution is 5.88. The third-order valence-electron chi connectivity index (χ3n) is 4.08. The van der Waals surface area contributed by atoms with Gasteiger partial charge in [-0.2, -0.15) is 13.2 Å². The van der Waals surface area contributed by atoms with Crippen LogP contribution in [0.2, 0.25) is 0 Å². The Balaban J connectivity index is 2.31. The largest absolute Gasteiger partial charge is 0.493 e. The summed E-state index contributed by atoms with van der Waals surface area (Å²) >= 11 is 0. The number of hydrogen-bond donors (Lipinski definition) is 1. The molecule has 152 valence electrons. The Labute approximate surface area is 163 Å². The number of carbonyl (C=O) groups is 1. The lowest BCUT2D eigenvalue weighted by Gasteiger charge is -2.19. The van der Waals surface area contributed by atoms with E-state index in [0.717, 1.165) is 12.5 Å². The maximum absolute atomic E-state index is 13.6. The standard InChI is InChI=1S/C21H25F3N2O2/c1-13(2)9-14(3)12-28-19-6-5-16(10-18(19)21(22,23)24)17-7-8-25-20(11-17)26-15(4)27/h5-8,10-11,13-14H,9,12H2,1-4H3,(H,25,26,27). The van der Waals surface area contributed by atoms with E-state index in [1.165, 1.54) is 25.3 Å². The van der Waals surface area contributed by atoms with Crippen LogP contribution in [0.4, 0.5) is 19.0 Å². The lowest BCUT2D eigenvalue weighted by molar-refractivity contribution is -0.139. The molecule has 0 spiro atoms. The van der Waals surface area contributed by atoms with Gasteiger partial charge in [0.25, 0.3) is 0 Å². The summed E-state index contributed by atoms with van der Waals surface area (Å²) in [5, 5.41) is 2.52. The van der Waals surface area contributed by atoms with Crippen molar-refractivity contribution in [3.8, 4) is 16.9 Å². The van der Waals surface area contributed by atoms with Gasteiger partial charge in [0.15, 0.2) is 0 Å². The van der Waals surface area contributed by atoms with Crippen LogP contribution in [0, 0.1) is 11.8 Å². The minimum absolute atomic E-state index is 0.154. The highest BCUT2D eigenvalue weighted by atomic mass is 19.4. The van der Waals surface area contributed by atoms with Crippen LogP contribution in [-0.2, 0) is 11.0 Å². The maximum atomic E-state index is 13.6. The summed E-state index contributed by atoms with van der Waals surface area (Å²) in [4.78, 5) is 15.2. The first-order chi connectivity index (χ1) is 13.1. The second-order valence-corrected chi connectivity index (χ2v) is 7.37. The Hall–Kier alpha value is -2.57. The van der Waals surface area contributed by atoms with Gasteiger partial charge in [-0.15, -0.1) is 0 Å². The minimum atomic E-state index is -4.54. The molecule has 28 heavy (non-hydrogen) atoms. The fraction of sp³-hybridized carbons (Fsp3) is 0.429. The zero-order chi connectivity index (χ0) is 20.9.